The van der Waals surface area contributed by atoms with Crippen LogP contribution in [0.25, 0.3) is 0 Å². The zero-order valence-corrected chi connectivity index (χ0v) is 17.1. The first-order valence-electron chi connectivity index (χ1n) is 8.60. The Morgan fingerprint density at radius 1 is 1.24 bits per heavy atom. The third-order valence-corrected chi connectivity index (χ3v) is 9.37. The van der Waals surface area contributed by atoms with Gasteiger partial charge >= 0.3 is 5.97 Å². The Morgan fingerprint density at radius 2 is 1.88 bits per heavy atom. The highest BCUT2D eigenvalue weighted by Crippen LogP contribution is 2.37. The summed E-state index contributed by atoms with van der Waals surface area (Å²) in [5.74, 6) is 0.252. The Morgan fingerprint density at radius 3 is 2.44 bits per heavy atom. The van der Waals surface area contributed by atoms with Crippen LogP contribution >= 0.6 is 0 Å². The van der Waals surface area contributed by atoms with Crippen LogP contribution in [-0.4, -0.2) is 45.5 Å². The van der Waals surface area contributed by atoms with E-state index in [4.69, 9.17) is 18.9 Å². The summed E-state index contributed by atoms with van der Waals surface area (Å²) in [4.78, 5) is 16.1. The molecule has 0 amide bonds. The molecule has 0 N–H and O–H groups in total. The Balaban J connectivity index is 2.21. The van der Waals surface area contributed by atoms with Crippen LogP contribution in [0, 0.1) is 0 Å². The highest BCUT2D eigenvalue weighted by atomic mass is 28.4. The first-order chi connectivity index (χ1) is 11.5. The van der Waals surface area contributed by atoms with Crippen molar-refractivity contribution in [2.75, 3.05) is 19.8 Å². The van der Waals surface area contributed by atoms with Gasteiger partial charge in [0.1, 0.15) is 13.2 Å². The number of nitrogens with zero attached hydrogens (tertiary/aromatic N) is 1. The second kappa shape index (κ2) is 7.29. The number of hydrogen-bond donors (Lipinski definition) is 0. The van der Waals surface area contributed by atoms with Gasteiger partial charge < -0.3 is 13.9 Å². The van der Waals surface area contributed by atoms with Crippen LogP contribution in [-0.2, 0) is 18.7 Å². The molecule has 1 atom stereocenters. The summed E-state index contributed by atoms with van der Waals surface area (Å²) in [6.45, 7) is 13.3. The van der Waals surface area contributed by atoms with Crippen molar-refractivity contribution in [2.24, 2.45) is 4.99 Å². The maximum Gasteiger partial charge on any atom is 0.302 e. The molecule has 1 heterocycles. The number of rotatable bonds is 6. The maximum absolute atomic E-state index is 11.3. The maximum atomic E-state index is 11.3. The number of ether oxygens (including phenoxy) is 2. The minimum absolute atomic E-state index is 0.0983. The molecule has 2 rings (SSSR count). The first kappa shape index (κ1) is 19.7. The quantitative estimate of drug-likeness (QED) is 0.570. The van der Waals surface area contributed by atoms with Crippen molar-refractivity contribution in [1.82, 2.24) is 0 Å². The standard InChI is InChI=1S/C19H29NO4Si/c1-15(21)22-12-19(14-24-25(5,6)18(2,3)4)13-23-17(20-19)16-10-8-7-9-11-16/h7-11H,12-14H2,1-6H3/t19-/m0/s1. The fourth-order valence-corrected chi connectivity index (χ4v) is 3.23. The van der Waals surface area contributed by atoms with Crippen LogP contribution < -0.4 is 0 Å². The van der Waals surface area contributed by atoms with Crippen LogP contribution in [0.1, 0.15) is 33.3 Å². The number of benzene rings is 1. The van der Waals surface area contributed by atoms with Crippen molar-refractivity contribution in [3.05, 3.63) is 35.9 Å². The van der Waals surface area contributed by atoms with E-state index in [0.717, 1.165) is 5.56 Å². The number of carbonyl (C=O) groups excluding carboxylic acids is 1. The summed E-state index contributed by atoms with van der Waals surface area (Å²) < 4.78 is 17.5. The minimum Gasteiger partial charge on any atom is -0.475 e. The fraction of sp³-hybridized carbons (Fsp3) is 0.579. The molecule has 0 bridgehead atoms. The molecule has 0 saturated heterocycles. The lowest BCUT2D eigenvalue weighted by Gasteiger charge is -2.38. The lowest BCUT2D eigenvalue weighted by Crippen LogP contribution is -2.48. The lowest BCUT2D eigenvalue weighted by atomic mass is 10.1. The van der Waals surface area contributed by atoms with E-state index in [1.54, 1.807) is 0 Å². The Kier molecular flexibility index (Phi) is 5.74. The van der Waals surface area contributed by atoms with E-state index in [1.165, 1.54) is 6.92 Å². The first-order valence-corrected chi connectivity index (χ1v) is 11.5. The summed E-state index contributed by atoms with van der Waals surface area (Å²) in [6.07, 6.45) is 0. The van der Waals surface area contributed by atoms with Gasteiger partial charge in [-0.05, 0) is 30.3 Å². The number of esters is 1. The second-order valence-corrected chi connectivity index (χ2v) is 12.9. The van der Waals surface area contributed by atoms with Crippen LogP contribution in [0.5, 0.6) is 0 Å². The topological polar surface area (TPSA) is 57.1 Å². The van der Waals surface area contributed by atoms with Gasteiger partial charge in [0.25, 0.3) is 0 Å². The molecule has 0 fully saturated rings. The Bertz CT molecular complexity index is 637. The largest absolute Gasteiger partial charge is 0.475 e. The summed E-state index contributed by atoms with van der Waals surface area (Å²) in [5.41, 5.74) is 0.228. The molecule has 0 radical (unpaired) electrons. The molecule has 0 aromatic heterocycles. The highest BCUT2D eigenvalue weighted by molar-refractivity contribution is 6.74. The summed E-state index contributed by atoms with van der Waals surface area (Å²) in [7, 11) is -1.94. The summed E-state index contributed by atoms with van der Waals surface area (Å²) in [5, 5.41) is 0.0983. The van der Waals surface area contributed by atoms with Gasteiger partial charge in [-0.25, -0.2) is 4.99 Å². The van der Waals surface area contributed by atoms with Gasteiger partial charge in [-0.3, -0.25) is 4.79 Å². The zero-order chi connectivity index (χ0) is 18.7. The molecule has 0 aliphatic carbocycles. The second-order valence-electron chi connectivity index (χ2n) is 8.13. The van der Waals surface area contributed by atoms with E-state index < -0.39 is 13.9 Å². The number of carbonyl (C=O) groups is 1. The highest BCUT2D eigenvalue weighted by Gasteiger charge is 2.44. The third-order valence-electron chi connectivity index (χ3n) is 4.89. The van der Waals surface area contributed by atoms with Crippen molar-refractivity contribution in [3.8, 4) is 0 Å². The third kappa shape index (κ3) is 4.92. The van der Waals surface area contributed by atoms with E-state index in [-0.39, 0.29) is 17.6 Å². The molecule has 5 nitrogen and oxygen atoms in total. The number of aliphatic imine (C=N–C) groups is 1. The van der Waals surface area contributed by atoms with Gasteiger partial charge in [-0.1, -0.05) is 39.0 Å². The van der Waals surface area contributed by atoms with Crippen molar-refractivity contribution >= 4 is 20.2 Å². The molecular weight excluding hydrogens is 334 g/mol. The van der Waals surface area contributed by atoms with Gasteiger partial charge in [-0.2, -0.15) is 0 Å². The molecule has 25 heavy (non-hydrogen) atoms. The minimum atomic E-state index is -1.94. The molecule has 6 heteroatoms. The summed E-state index contributed by atoms with van der Waals surface area (Å²) in [6, 6.07) is 9.75. The van der Waals surface area contributed by atoms with E-state index in [0.29, 0.717) is 19.1 Å². The van der Waals surface area contributed by atoms with E-state index in [9.17, 15) is 4.79 Å². The smallest absolute Gasteiger partial charge is 0.302 e. The van der Waals surface area contributed by atoms with Crippen molar-refractivity contribution in [1.29, 1.82) is 0 Å². The van der Waals surface area contributed by atoms with Crippen LogP contribution in [0.2, 0.25) is 18.1 Å². The van der Waals surface area contributed by atoms with Gasteiger partial charge in [0, 0.05) is 12.5 Å². The predicted molar refractivity (Wildman–Crippen MR) is 101 cm³/mol. The van der Waals surface area contributed by atoms with Gasteiger partial charge in [-0.15, -0.1) is 0 Å². The van der Waals surface area contributed by atoms with Crippen molar-refractivity contribution in [2.45, 2.75) is 51.4 Å². The van der Waals surface area contributed by atoms with Crippen molar-refractivity contribution in [3.63, 3.8) is 0 Å². The van der Waals surface area contributed by atoms with Gasteiger partial charge in [0.2, 0.25) is 5.90 Å². The number of hydrogen-bond acceptors (Lipinski definition) is 5. The zero-order valence-electron chi connectivity index (χ0n) is 16.1. The average Bonchev–Trinajstić information content (AvgIpc) is 2.96. The van der Waals surface area contributed by atoms with Gasteiger partial charge in [0.05, 0.1) is 6.61 Å². The molecule has 0 spiro atoms. The average molecular weight is 364 g/mol. The molecule has 1 aromatic rings. The van der Waals surface area contributed by atoms with Crippen LogP contribution in [0.15, 0.2) is 35.3 Å². The SMILES string of the molecule is CC(=O)OC[C@@]1(CO[Si](C)(C)C(C)(C)C)COC(c2ccccc2)=N1. The van der Waals surface area contributed by atoms with E-state index in [1.807, 2.05) is 30.3 Å². The molecule has 0 unspecified atom stereocenters. The molecule has 1 aliphatic heterocycles. The van der Waals surface area contributed by atoms with Gasteiger partial charge in [0.15, 0.2) is 13.9 Å². The van der Waals surface area contributed by atoms with Crippen LogP contribution in [0.4, 0.5) is 0 Å². The fourth-order valence-electron chi connectivity index (χ4n) is 2.17. The van der Waals surface area contributed by atoms with Crippen LogP contribution in [0.3, 0.4) is 0 Å². The predicted octanol–water partition coefficient (Wildman–Crippen LogP) is 3.79. The Hall–Kier alpha value is -1.66. The molecule has 0 saturated carbocycles. The van der Waals surface area contributed by atoms with Crippen molar-refractivity contribution < 1.29 is 18.7 Å². The molecular formula is C19H29NO4Si. The molecule has 1 aromatic carbocycles. The normalized spacial score (nSPS) is 20.8. The lowest BCUT2D eigenvalue weighted by molar-refractivity contribution is -0.143. The molecule has 1 aliphatic rings. The van der Waals surface area contributed by atoms with E-state index in [2.05, 4.69) is 33.9 Å². The van der Waals surface area contributed by atoms with E-state index >= 15 is 0 Å². The monoisotopic (exact) mass is 363 g/mol. The molecule has 138 valence electrons. The summed E-state index contributed by atoms with van der Waals surface area (Å²) >= 11 is 0. The Labute approximate surface area is 151 Å².